The number of hydrogen-bond acceptors (Lipinski definition) is 2. The predicted molar refractivity (Wildman–Crippen MR) is 446 cm³/mol. The first-order valence-corrected chi connectivity index (χ1v) is 37.2. The smallest absolute Gasteiger partial charge is 0.343 e. The molecule has 0 spiro atoms. The van der Waals surface area contributed by atoms with Crippen LogP contribution in [-0.2, 0) is 19.3 Å². The topological polar surface area (TPSA) is 26.3 Å². The zero-order valence-corrected chi connectivity index (χ0v) is 63.4. The Kier molecular flexibility index (Phi) is 31.8. The average molecular weight is 1350 g/mol. The van der Waals surface area contributed by atoms with Crippen LogP contribution in [0.4, 0.5) is 0 Å². The van der Waals surface area contributed by atoms with Crippen molar-refractivity contribution in [2.24, 2.45) is 0 Å². The SMILES string of the molecule is CCCCCc1ccc(-c2ccc(-c3ccc(C)cc3)cc2)cc1.CCCCCc1ccc(-c2ccc(C)cc2)cc1.CCCc1ccc(C(=O)Oc2ccc(C)cc2)cc1.Cc1ccc(-c2ccc(C)cc2)cc1.Cc1ccc(-c2ccc(C)cc2)cc1.Cc1ccc(-c2ccc(C)cc2)cc1. The molecule has 13 aromatic carbocycles. The lowest BCUT2D eigenvalue weighted by molar-refractivity contribution is 0.0734. The maximum atomic E-state index is 11.9. The van der Waals surface area contributed by atoms with Crippen molar-refractivity contribution in [3.63, 3.8) is 0 Å². The Balaban J connectivity index is 0.000000158. The Morgan fingerprint density at radius 3 is 0.583 bits per heavy atom. The molecule has 0 fully saturated rings. The van der Waals surface area contributed by atoms with Crippen LogP contribution in [0.1, 0.15) is 143 Å². The molecule has 13 aromatic rings. The molecule has 0 radical (unpaired) electrons. The van der Waals surface area contributed by atoms with E-state index in [2.05, 4.69) is 343 Å². The molecule has 0 amide bonds. The largest absolute Gasteiger partial charge is 0.423 e. The van der Waals surface area contributed by atoms with Gasteiger partial charge in [-0.25, -0.2) is 4.79 Å². The van der Waals surface area contributed by atoms with E-state index >= 15 is 0 Å². The van der Waals surface area contributed by atoms with Gasteiger partial charge in [-0.2, -0.15) is 0 Å². The van der Waals surface area contributed by atoms with Crippen LogP contribution in [0.2, 0.25) is 0 Å². The Labute approximate surface area is 619 Å². The third-order valence-electron chi connectivity index (χ3n) is 18.3. The normalized spacial score (nSPS) is 10.4. The number of aryl methyl sites for hydroxylation is 12. The van der Waals surface area contributed by atoms with E-state index < -0.39 is 0 Å². The molecule has 0 aliphatic carbocycles. The highest BCUT2D eigenvalue weighted by molar-refractivity contribution is 5.91. The Hall–Kier alpha value is -10.7. The molecule has 0 bridgehead atoms. The van der Waals surface area contributed by atoms with Crippen molar-refractivity contribution in [2.75, 3.05) is 0 Å². The number of benzene rings is 13. The third kappa shape index (κ3) is 27.0. The molecule has 2 nitrogen and oxygen atoms in total. The van der Waals surface area contributed by atoms with Gasteiger partial charge in [0, 0.05) is 0 Å². The number of carbonyl (C=O) groups excluding carboxylic acids is 1. The van der Waals surface area contributed by atoms with Crippen molar-refractivity contribution in [1.82, 2.24) is 0 Å². The van der Waals surface area contributed by atoms with Crippen molar-refractivity contribution in [3.05, 3.63) is 388 Å². The molecule has 0 aromatic heterocycles. The van der Waals surface area contributed by atoms with Gasteiger partial charge in [0.15, 0.2) is 0 Å². The molecular weight excluding hydrogens is 1250 g/mol. The fourth-order valence-corrected chi connectivity index (χ4v) is 11.6. The van der Waals surface area contributed by atoms with E-state index in [1.54, 1.807) is 12.1 Å². The van der Waals surface area contributed by atoms with Crippen LogP contribution in [0.5, 0.6) is 5.75 Å². The second-order valence-corrected chi connectivity index (χ2v) is 27.5. The van der Waals surface area contributed by atoms with E-state index in [-0.39, 0.29) is 5.97 Å². The summed E-state index contributed by atoms with van der Waals surface area (Å²) >= 11 is 0. The van der Waals surface area contributed by atoms with Gasteiger partial charge in [-0.3, -0.25) is 0 Å². The number of hydrogen-bond donors (Lipinski definition) is 0. The Morgan fingerprint density at radius 2 is 0.379 bits per heavy atom. The van der Waals surface area contributed by atoms with Crippen LogP contribution in [-0.4, -0.2) is 5.97 Å². The van der Waals surface area contributed by atoms with Crippen molar-refractivity contribution in [3.8, 4) is 72.5 Å². The van der Waals surface area contributed by atoms with Crippen LogP contribution in [0, 0.1) is 62.3 Å². The van der Waals surface area contributed by atoms with Gasteiger partial charge in [-0.15, -0.1) is 0 Å². The zero-order chi connectivity index (χ0) is 73.1. The highest BCUT2D eigenvalue weighted by Gasteiger charge is 2.09. The van der Waals surface area contributed by atoms with Crippen LogP contribution in [0.3, 0.4) is 0 Å². The number of esters is 1. The first kappa shape index (κ1) is 78.1. The maximum absolute atomic E-state index is 11.9. The number of rotatable bonds is 18. The van der Waals surface area contributed by atoms with Gasteiger partial charge in [0.1, 0.15) is 5.75 Å². The molecule has 13 rings (SSSR count). The van der Waals surface area contributed by atoms with E-state index in [9.17, 15) is 4.79 Å². The zero-order valence-electron chi connectivity index (χ0n) is 63.4. The first-order valence-electron chi connectivity index (χ1n) is 37.2. The molecule has 0 aliphatic heterocycles. The Morgan fingerprint density at radius 1 is 0.204 bits per heavy atom. The van der Waals surface area contributed by atoms with E-state index in [4.69, 9.17) is 4.74 Å². The average Bonchev–Trinajstić information content (AvgIpc) is 0.837. The molecule has 0 N–H and O–H groups in total. The van der Waals surface area contributed by atoms with E-state index in [1.165, 1.54) is 179 Å². The lowest BCUT2D eigenvalue weighted by Gasteiger charge is -2.07. The number of ether oxygens (including phenoxy) is 1. The van der Waals surface area contributed by atoms with Crippen LogP contribution >= 0.6 is 0 Å². The van der Waals surface area contributed by atoms with Gasteiger partial charge < -0.3 is 4.74 Å². The fourth-order valence-electron chi connectivity index (χ4n) is 11.6. The summed E-state index contributed by atoms with van der Waals surface area (Å²) in [4.78, 5) is 11.9. The van der Waals surface area contributed by atoms with Gasteiger partial charge in [-0.1, -0.05) is 394 Å². The summed E-state index contributed by atoms with van der Waals surface area (Å²) in [5.41, 5.74) is 31.8. The fraction of sp³-hybridized carbons (Fsp3) is 0.218. The summed E-state index contributed by atoms with van der Waals surface area (Å²) in [5, 5.41) is 0. The molecule has 2 heteroatoms. The molecule has 0 atom stereocenters. The summed E-state index contributed by atoms with van der Waals surface area (Å²) in [6, 6.07) is 111. The van der Waals surface area contributed by atoms with Crippen molar-refractivity contribution >= 4 is 5.97 Å². The molecule has 0 aliphatic rings. The van der Waals surface area contributed by atoms with E-state index in [1.807, 2.05) is 43.3 Å². The summed E-state index contributed by atoms with van der Waals surface area (Å²) in [7, 11) is 0. The minimum Gasteiger partial charge on any atom is -0.423 e. The second-order valence-electron chi connectivity index (χ2n) is 27.5. The highest BCUT2D eigenvalue weighted by Crippen LogP contribution is 2.28. The molecular formula is C101H108O2. The minimum absolute atomic E-state index is 0.313. The summed E-state index contributed by atoms with van der Waals surface area (Å²) < 4.78 is 5.32. The minimum atomic E-state index is -0.313. The molecule has 0 saturated heterocycles. The second kappa shape index (κ2) is 41.9. The summed E-state index contributed by atoms with van der Waals surface area (Å²) in [6.45, 7) is 25.6. The van der Waals surface area contributed by atoms with Crippen molar-refractivity contribution < 1.29 is 9.53 Å². The Bertz CT molecular complexity index is 4170. The molecule has 0 saturated carbocycles. The van der Waals surface area contributed by atoms with E-state index in [0.29, 0.717) is 11.3 Å². The molecule has 103 heavy (non-hydrogen) atoms. The monoisotopic (exact) mass is 1350 g/mol. The van der Waals surface area contributed by atoms with Crippen molar-refractivity contribution in [1.29, 1.82) is 0 Å². The third-order valence-corrected chi connectivity index (χ3v) is 18.3. The summed E-state index contributed by atoms with van der Waals surface area (Å²) in [5.74, 6) is 0.264. The lowest BCUT2D eigenvalue weighted by atomic mass is 9.98. The predicted octanol–water partition coefficient (Wildman–Crippen LogP) is 28.5. The van der Waals surface area contributed by atoms with Gasteiger partial charge >= 0.3 is 5.97 Å². The molecule has 0 unspecified atom stereocenters. The molecule has 524 valence electrons. The van der Waals surface area contributed by atoms with Gasteiger partial charge in [0.05, 0.1) is 5.56 Å². The number of unbranched alkanes of at least 4 members (excludes halogenated alkanes) is 4. The van der Waals surface area contributed by atoms with Crippen LogP contribution in [0.15, 0.2) is 315 Å². The van der Waals surface area contributed by atoms with E-state index in [0.717, 1.165) is 18.4 Å². The maximum Gasteiger partial charge on any atom is 0.343 e. The van der Waals surface area contributed by atoms with Gasteiger partial charge in [0.2, 0.25) is 0 Å². The van der Waals surface area contributed by atoms with Crippen LogP contribution in [0.25, 0.3) is 66.8 Å². The van der Waals surface area contributed by atoms with Gasteiger partial charge in [0.25, 0.3) is 0 Å². The number of carbonyl (C=O) groups is 1. The molecule has 0 heterocycles. The van der Waals surface area contributed by atoms with Gasteiger partial charge in [-0.05, 0) is 202 Å². The standard InChI is InChI=1S/C24H26.C18H22.C17H18O2.3C14H14/c1-3-4-5-6-20-9-13-22(14-10-20)24-17-15-23(16-18-24)21-11-7-19(2)8-12-21;1-3-4-5-6-16-9-13-18(14-10-16)17-11-7-15(2)8-12-17;1-3-4-14-7-9-15(10-8-14)17(18)19-16-11-5-13(2)6-12-16;3*1-11-3-7-13(8-4-11)14-9-5-12(2)6-10-14/h7-18H,3-6H2,1-2H3;7-14H,3-6H2,1-2H3;5-12H,3-4H2,1-2H3;3*3-10H,1-2H3. The quantitative estimate of drug-likeness (QED) is 0.0486. The summed E-state index contributed by atoms with van der Waals surface area (Å²) in [6.07, 6.45) is 12.4. The first-order chi connectivity index (χ1) is 50.0. The highest BCUT2D eigenvalue weighted by atomic mass is 16.5. The lowest BCUT2D eigenvalue weighted by Crippen LogP contribution is -2.08. The van der Waals surface area contributed by atoms with Crippen molar-refractivity contribution in [2.45, 2.75) is 147 Å². The van der Waals surface area contributed by atoms with Crippen LogP contribution < -0.4 is 4.74 Å².